The fraction of sp³-hybridized carbons (Fsp3) is 0.600. The molecule has 1 rings (SSSR count). The Labute approximate surface area is 116 Å². The van der Waals surface area contributed by atoms with Crippen molar-refractivity contribution in [3.63, 3.8) is 0 Å². The standard InChI is InChI=1S/C10H17ClN2O3S2/c1-3-7(12-2)8(6-14)13-18(15,16)10-5-4-9(11)17-10/h4-5,7-8,12-14H,3,6H2,1-2H3/t7?,8-/m1/s1. The average Bonchev–Trinajstić information content (AvgIpc) is 2.76. The molecule has 1 unspecified atom stereocenters. The van der Waals surface area contributed by atoms with Crippen LogP contribution in [0, 0.1) is 0 Å². The minimum atomic E-state index is -3.63. The van der Waals surface area contributed by atoms with Gasteiger partial charge in [-0.15, -0.1) is 11.3 Å². The van der Waals surface area contributed by atoms with Crippen molar-refractivity contribution in [2.24, 2.45) is 0 Å². The lowest BCUT2D eigenvalue weighted by atomic mass is 10.1. The maximum atomic E-state index is 12.1. The molecule has 0 aliphatic rings. The number of aliphatic hydroxyl groups excluding tert-OH is 1. The summed E-state index contributed by atoms with van der Waals surface area (Å²) < 4.78 is 27.2. The van der Waals surface area contributed by atoms with Crippen LogP contribution in [-0.4, -0.2) is 39.3 Å². The number of halogens is 1. The first-order chi connectivity index (χ1) is 8.44. The number of thiophene rings is 1. The summed E-state index contributed by atoms with van der Waals surface area (Å²) in [7, 11) is -1.90. The molecule has 18 heavy (non-hydrogen) atoms. The molecule has 0 amide bonds. The molecule has 0 aromatic carbocycles. The smallest absolute Gasteiger partial charge is 0.250 e. The molecule has 0 aliphatic carbocycles. The van der Waals surface area contributed by atoms with Crippen LogP contribution >= 0.6 is 22.9 Å². The van der Waals surface area contributed by atoms with Gasteiger partial charge in [0.2, 0.25) is 10.0 Å². The number of rotatable bonds is 7. The predicted octanol–water partition coefficient (Wildman–Crippen LogP) is 1.04. The monoisotopic (exact) mass is 312 g/mol. The Morgan fingerprint density at radius 2 is 2.11 bits per heavy atom. The van der Waals surface area contributed by atoms with Gasteiger partial charge in [0.1, 0.15) is 4.21 Å². The van der Waals surface area contributed by atoms with E-state index >= 15 is 0 Å². The highest BCUT2D eigenvalue weighted by Crippen LogP contribution is 2.25. The number of hydrogen-bond donors (Lipinski definition) is 3. The van der Waals surface area contributed by atoms with Gasteiger partial charge in [0.15, 0.2) is 0 Å². The van der Waals surface area contributed by atoms with Gasteiger partial charge in [-0.3, -0.25) is 0 Å². The van der Waals surface area contributed by atoms with Gasteiger partial charge in [-0.25, -0.2) is 13.1 Å². The molecule has 3 N–H and O–H groups in total. The van der Waals surface area contributed by atoms with Crippen LogP contribution in [0.1, 0.15) is 13.3 Å². The third-order valence-electron chi connectivity index (χ3n) is 2.61. The third-order valence-corrected chi connectivity index (χ3v) is 5.83. The van der Waals surface area contributed by atoms with Crippen molar-refractivity contribution in [2.45, 2.75) is 29.6 Å². The lowest BCUT2D eigenvalue weighted by Gasteiger charge is -2.24. The van der Waals surface area contributed by atoms with Crippen LogP contribution < -0.4 is 10.0 Å². The topological polar surface area (TPSA) is 78.4 Å². The number of sulfonamides is 1. The van der Waals surface area contributed by atoms with Gasteiger partial charge >= 0.3 is 0 Å². The van der Waals surface area contributed by atoms with Crippen LogP contribution in [0.3, 0.4) is 0 Å². The van der Waals surface area contributed by atoms with Gasteiger partial charge in [-0.2, -0.15) is 0 Å². The van der Waals surface area contributed by atoms with E-state index in [1.54, 1.807) is 7.05 Å². The Hall–Kier alpha value is -0.180. The minimum absolute atomic E-state index is 0.125. The lowest BCUT2D eigenvalue weighted by molar-refractivity contribution is 0.227. The van der Waals surface area contributed by atoms with Gasteiger partial charge in [0.05, 0.1) is 17.0 Å². The normalized spacial score (nSPS) is 15.6. The Balaban J connectivity index is 2.87. The van der Waals surface area contributed by atoms with Crippen LogP contribution in [0.25, 0.3) is 0 Å². The Kier molecular flexibility index (Phi) is 6.03. The van der Waals surface area contributed by atoms with Gasteiger partial charge in [-0.05, 0) is 25.6 Å². The van der Waals surface area contributed by atoms with Crippen molar-refractivity contribution in [1.29, 1.82) is 0 Å². The van der Waals surface area contributed by atoms with E-state index in [-0.39, 0.29) is 16.9 Å². The minimum Gasteiger partial charge on any atom is -0.395 e. The van der Waals surface area contributed by atoms with E-state index in [1.807, 2.05) is 6.92 Å². The fourth-order valence-corrected chi connectivity index (χ4v) is 4.40. The maximum absolute atomic E-state index is 12.1. The summed E-state index contributed by atoms with van der Waals surface area (Å²) in [6.45, 7) is 1.65. The zero-order valence-corrected chi connectivity index (χ0v) is 12.6. The molecule has 0 bridgehead atoms. The zero-order chi connectivity index (χ0) is 13.8. The molecule has 0 radical (unpaired) electrons. The van der Waals surface area contributed by atoms with E-state index in [1.165, 1.54) is 12.1 Å². The number of aliphatic hydroxyl groups is 1. The van der Waals surface area contributed by atoms with Crippen molar-refractivity contribution in [2.75, 3.05) is 13.7 Å². The van der Waals surface area contributed by atoms with Crippen molar-refractivity contribution >= 4 is 33.0 Å². The molecule has 8 heteroatoms. The van der Waals surface area contributed by atoms with Crippen molar-refractivity contribution in [3.05, 3.63) is 16.5 Å². The van der Waals surface area contributed by atoms with E-state index in [9.17, 15) is 13.5 Å². The summed E-state index contributed by atoms with van der Waals surface area (Å²) in [6.07, 6.45) is 0.704. The molecule has 1 aromatic rings. The SMILES string of the molecule is CCC(NC)[C@@H](CO)NS(=O)(=O)c1ccc(Cl)s1. The largest absolute Gasteiger partial charge is 0.395 e. The summed E-state index contributed by atoms with van der Waals surface area (Å²) in [5, 5.41) is 12.3. The fourth-order valence-electron chi connectivity index (χ4n) is 1.64. The zero-order valence-electron chi connectivity index (χ0n) is 10.2. The molecular weight excluding hydrogens is 296 g/mol. The highest BCUT2D eigenvalue weighted by Gasteiger charge is 2.25. The van der Waals surface area contributed by atoms with E-state index in [2.05, 4.69) is 10.0 Å². The first kappa shape index (κ1) is 15.9. The quantitative estimate of drug-likeness (QED) is 0.703. The first-order valence-corrected chi connectivity index (χ1v) is 8.18. The third kappa shape index (κ3) is 3.91. The summed E-state index contributed by atoms with van der Waals surface area (Å²) in [5.41, 5.74) is 0. The van der Waals surface area contributed by atoms with Crippen LogP contribution in [-0.2, 0) is 10.0 Å². The second kappa shape index (κ2) is 6.83. The van der Waals surface area contributed by atoms with E-state index in [0.29, 0.717) is 10.8 Å². The Bertz CT molecular complexity index is 471. The van der Waals surface area contributed by atoms with Gasteiger partial charge in [-0.1, -0.05) is 18.5 Å². The summed E-state index contributed by atoms with van der Waals surface area (Å²) in [4.78, 5) is 0. The lowest BCUT2D eigenvalue weighted by Crippen LogP contribution is -2.50. The van der Waals surface area contributed by atoms with Crippen molar-refractivity contribution in [3.8, 4) is 0 Å². The van der Waals surface area contributed by atoms with Crippen LogP contribution in [0.15, 0.2) is 16.3 Å². The molecule has 0 aliphatic heterocycles. The molecule has 0 spiro atoms. The highest BCUT2D eigenvalue weighted by molar-refractivity contribution is 7.91. The Morgan fingerprint density at radius 1 is 1.44 bits per heavy atom. The molecular formula is C10H17ClN2O3S2. The molecule has 2 atom stereocenters. The maximum Gasteiger partial charge on any atom is 0.250 e. The molecule has 5 nitrogen and oxygen atoms in total. The molecule has 1 aromatic heterocycles. The predicted molar refractivity (Wildman–Crippen MR) is 73.7 cm³/mol. The number of hydrogen-bond acceptors (Lipinski definition) is 5. The number of likely N-dealkylation sites (N-methyl/N-ethyl adjacent to an activating group) is 1. The molecule has 104 valence electrons. The number of nitrogens with one attached hydrogen (secondary N) is 2. The second-order valence-corrected chi connectivity index (χ2v) is 7.43. The van der Waals surface area contributed by atoms with Crippen LogP contribution in [0.5, 0.6) is 0 Å². The van der Waals surface area contributed by atoms with Crippen LogP contribution in [0.4, 0.5) is 0 Å². The Morgan fingerprint density at radius 3 is 2.50 bits per heavy atom. The van der Waals surface area contributed by atoms with Gasteiger partial charge < -0.3 is 10.4 Å². The summed E-state index contributed by atoms with van der Waals surface area (Å²) >= 11 is 6.71. The van der Waals surface area contributed by atoms with E-state index in [4.69, 9.17) is 11.6 Å². The van der Waals surface area contributed by atoms with Crippen LogP contribution in [0.2, 0.25) is 4.34 Å². The highest BCUT2D eigenvalue weighted by atomic mass is 35.5. The van der Waals surface area contributed by atoms with Gasteiger partial charge in [0, 0.05) is 6.04 Å². The molecule has 0 saturated carbocycles. The van der Waals surface area contributed by atoms with Crippen molar-refractivity contribution in [1.82, 2.24) is 10.0 Å². The molecule has 0 saturated heterocycles. The average molecular weight is 313 g/mol. The van der Waals surface area contributed by atoms with E-state index < -0.39 is 16.1 Å². The molecule has 0 fully saturated rings. The summed E-state index contributed by atoms with van der Waals surface area (Å²) in [6, 6.07) is 2.29. The summed E-state index contributed by atoms with van der Waals surface area (Å²) in [5.74, 6) is 0. The van der Waals surface area contributed by atoms with Gasteiger partial charge in [0.25, 0.3) is 0 Å². The molecule has 1 heterocycles. The van der Waals surface area contributed by atoms with E-state index in [0.717, 1.165) is 11.3 Å². The van der Waals surface area contributed by atoms with Crippen molar-refractivity contribution < 1.29 is 13.5 Å². The second-order valence-electron chi connectivity index (χ2n) is 3.77. The first-order valence-electron chi connectivity index (χ1n) is 5.50.